The fraction of sp³-hybridized carbons (Fsp3) is 0.353. The number of aryl methyl sites for hydroxylation is 2. The maximum Gasteiger partial charge on any atom is 0.435 e. The average Bonchev–Trinajstić information content (AvgIpc) is 3.10. The molecule has 1 N–H and O–H groups in total. The monoisotopic (exact) mass is 382 g/mol. The molecule has 0 saturated carbocycles. The summed E-state index contributed by atoms with van der Waals surface area (Å²) in [5, 5.41) is 6.06. The van der Waals surface area contributed by atoms with E-state index in [0.717, 1.165) is 16.3 Å². The molecule has 27 heavy (non-hydrogen) atoms. The number of hydrogen-bond acceptors (Lipinski definition) is 5. The van der Waals surface area contributed by atoms with Crippen molar-refractivity contribution in [3.8, 4) is 11.6 Å². The van der Waals surface area contributed by atoms with Gasteiger partial charge >= 0.3 is 12.1 Å². The number of alkyl halides is 3. The number of halogens is 3. The summed E-state index contributed by atoms with van der Waals surface area (Å²) in [7, 11) is 1.34. The Morgan fingerprint density at radius 3 is 2.59 bits per heavy atom. The molecule has 0 radical (unpaired) electrons. The molecule has 3 rings (SSSR count). The number of hydrogen-bond donors (Lipinski definition) is 1. The maximum absolute atomic E-state index is 12.8. The smallest absolute Gasteiger partial charge is 0.435 e. The molecular weight excluding hydrogens is 365 g/mol. The molecule has 3 aromatic rings. The zero-order valence-corrected chi connectivity index (χ0v) is 15.0. The number of benzene rings is 1. The van der Waals surface area contributed by atoms with E-state index in [2.05, 4.69) is 15.4 Å². The Bertz CT molecular complexity index is 1000. The van der Waals surface area contributed by atoms with Crippen LogP contribution in [0.2, 0.25) is 0 Å². The fourth-order valence-electron chi connectivity index (χ4n) is 2.43. The summed E-state index contributed by atoms with van der Waals surface area (Å²) in [6.45, 7) is 5.34. The predicted octanol–water partition coefficient (Wildman–Crippen LogP) is 3.82. The Hall–Kier alpha value is -3.04. The highest BCUT2D eigenvalue weighted by atomic mass is 19.4. The first-order valence-electron chi connectivity index (χ1n) is 8.05. The van der Waals surface area contributed by atoms with Crippen LogP contribution in [-0.4, -0.2) is 26.7 Å². The van der Waals surface area contributed by atoms with Crippen molar-refractivity contribution in [3.05, 3.63) is 35.3 Å². The van der Waals surface area contributed by atoms with Gasteiger partial charge in [-0.2, -0.15) is 18.3 Å². The second-order valence-electron chi connectivity index (χ2n) is 6.35. The Balaban J connectivity index is 2.01. The number of carbonyl (C=O) groups is 1. The molecule has 1 amide bonds. The number of nitrogens with zero attached hydrogens (tertiary/aromatic N) is 3. The summed E-state index contributed by atoms with van der Waals surface area (Å²) in [4.78, 5) is 16.2. The lowest BCUT2D eigenvalue weighted by Crippen LogP contribution is -2.30. The standard InChI is InChI=1S/C17H17F3N4O3/c1-8(2)21-15(25)16-22-14-10(5-9(3)6-11(14)27-16)26-13-7-12(17(18,19)20)23-24(13)4/h5-8H,1-4H3,(H,21,25). The first-order valence-corrected chi connectivity index (χ1v) is 8.05. The summed E-state index contributed by atoms with van der Waals surface area (Å²) >= 11 is 0. The van der Waals surface area contributed by atoms with Gasteiger partial charge in [0.15, 0.2) is 22.5 Å². The van der Waals surface area contributed by atoms with Crippen molar-refractivity contribution in [1.82, 2.24) is 20.1 Å². The third-order valence-electron chi connectivity index (χ3n) is 3.56. The molecule has 2 heterocycles. The number of rotatable bonds is 4. The van der Waals surface area contributed by atoms with E-state index in [1.54, 1.807) is 32.9 Å². The molecule has 0 unspecified atom stereocenters. The number of fused-ring (bicyclic) bond motifs is 1. The van der Waals surface area contributed by atoms with Gasteiger partial charge in [0.05, 0.1) is 0 Å². The quantitative estimate of drug-likeness (QED) is 0.742. The van der Waals surface area contributed by atoms with Gasteiger partial charge in [0.25, 0.3) is 5.89 Å². The molecule has 7 nitrogen and oxygen atoms in total. The van der Waals surface area contributed by atoms with Gasteiger partial charge in [-0.3, -0.25) is 4.79 Å². The third-order valence-corrected chi connectivity index (χ3v) is 3.56. The van der Waals surface area contributed by atoms with Crippen molar-refractivity contribution in [2.45, 2.75) is 33.0 Å². The Labute approximate surface area is 152 Å². The summed E-state index contributed by atoms with van der Waals surface area (Å²) in [5.41, 5.74) is 0.171. The van der Waals surface area contributed by atoms with E-state index in [4.69, 9.17) is 9.15 Å². The molecular formula is C17H17F3N4O3. The van der Waals surface area contributed by atoms with Crippen LogP contribution < -0.4 is 10.1 Å². The van der Waals surface area contributed by atoms with E-state index in [-0.39, 0.29) is 34.7 Å². The molecule has 144 valence electrons. The Morgan fingerprint density at radius 1 is 1.30 bits per heavy atom. The highest BCUT2D eigenvalue weighted by Gasteiger charge is 2.35. The second-order valence-corrected chi connectivity index (χ2v) is 6.35. The molecule has 0 aliphatic rings. The molecule has 0 aliphatic heterocycles. The van der Waals surface area contributed by atoms with E-state index in [0.29, 0.717) is 0 Å². The van der Waals surface area contributed by atoms with E-state index < -0.39 is 17.8 Å². The second kappa shape index (κ2) is 6.60. The minimum absolute atomic E-state index is 0.111. The third kappa shape index (κ3) is 3.88. The van der Waals surface area contributed by atoms with E-state index >= 15 is 0 Å². The molecule has 2 aromatic heterocycles. The summed E-state index contributed by atoms with van der Waals surface area (Å²) in [5.74, 6) is -0.612. The lowest BCUT2D eigenvalue weighted by atomic mass is 10.2. The van der Waals surface area contributed by atoms with Crippen molar-refractivity contribution < 1.29 is 27.1 Å². The van der Waals surface area contributed by atoms with Gasteiger partial charge in [0.1, 0.15) is 0 Å². The van der Waals surface area contributed by atoms with E-state index in [9.17, 15) is 18.0 Å². The normalized spacial score (nSPS) is 12.0. The SMILES string of the molecule is Cc1cc(Oc2cc(C(F)(F)F)nn2C)c2nc(C(=O)NC(C)C)oc2c1. The zero-order chi connectivity index (χ0) is 19.9. The number of ether oxygens (including phenoxy) is 1. The number of carbonyl (C=O) groups excluding carboxylic acids is 1. The van der Waals surface area contributed by atoms with Crippen LogP contribution in [0, 0.1) is 6.92 Å². The molecule has 0 saturated heterocycles. The van der Waals surface area contributed by atoms with Gasteiger partial charge < -0.3 is 14.5 Å². The van der Waals surface area contributed by atoms with Crippen molar-refractivity contribution in [2.75, 3.05) is 0 Å². The molecule has 10 heteroatoms. The highest BCUT2D eigenvalue weighted by molar-refractivity contribution is 5.93. The van der Waals surface area contributed by atoms with Gasteiger partial charge in [-0.15, -0.1) is 0 Å². The van der Waals surface area contributed by atoms with Crippen molar-refractivity contribution in [2.24, 2.45) is 7.05 Å². The number of aromatic nitrogens is 3. The highest BCUT2D eigenvalue weighted by Crippen LogP contribution is 2.35. The molecule has 1 aromatic carbocycles. The number of amides is 1. The molecule has 0 spiro atoms. The van der Waals surface area contributed by atoms with Crippen LogP contribution in [0.25, 0.3) is 11.1 Å². The topological polar surface area (TPSA) is 82.2 Å². The summed E-state index contributed by atoms with van der Waals surface area (Å²) in [6, 6.07) is 3.93. The van der Waals surface area contributed by atoms with Crippen LogP contribution in [-0.2, 0) is 13.2 Å². The van der Waals surface area contributed by atoms with Crippen LogP contribution in [0.5, 0.6) is 11.6 Å². The minimum atomic E-state index is -4.59. The number of oxazole rings is 1. The van der Waals surface area contributed by atoms with Crippen LogP contribution >= 0.6 is 0 Å². The lowest BCUT2D eigenvalue weighted by molar-refractivity contribution is -0.141. The number of nitrogens with one attached hydrogen (secondary N) is 1. The molecule has 0 atom stereocenters. The van der Waals surface area contributed by atoms with Gasteiger partial charge in [0.2, 0.25) is 5.88 Å². The summed E-state index contributed by atoms with van der Waals surface area (Å²) in [6.07, 6.45) is -4.59. The summed E-state index contributed by atoms with van der Waals surface area (Å²) < 4.78 is 50.5. The van der Waals surface area contributed by atoms with E-state index in [1.165, 1.54) is 7.05 Å². The average molecular weight is 382 g/mol. The van der Waals surface area contributed by atoms with Gasteiger partial charge in [-0.05, 0) is 38.5 Å². The van der Waals surface area contributed by atoms with Crippen LogP contribution in [0.3, 0.4) is 0 Å². The first-order chi connectivity index (χ1) is 12.5. The van der Waals surface area contributed by atoms with Crippen molar-refractivity contribution >= 4 is 17.0 Å². The van der Waals surface area contributed by atoms with E-state index in [1.807, 2.05) is 0 Å². The van der Waals surface area contributed by atoms with Crippen LogP contribution in [0.4, 0.5) is 13.2 Å². The van der Waals surface area contributed by atoms with Gasteiger partial charge in [0, 0.05) is 19.2 Å². The minimum Gasteiger partial charge on any atom is -0.437 e. The lowest BCUT2D eigenvalue weighted by Gasteiger charge is -2.06. The van der Waals surface area contributed by atoms with Crippen molar-refractivity contribution in [3.63, 3.8) is 0 Å². The Morgan fingerprint density at radius 2 is 2.00 bits per heavy atom. The largest absolute Gasteiger partial charge is 0.437 e. The maximum atomic E-state index is 12.8. The van der Waals surface area contributed by atoms with Crippen LogP contribution in [0.1, 0.15) is 35.8 Å². The molecule has 0 fully saturated rings. The molecule has 0 aliphatic carbocycles. The van der Waals surface area contributed by atoms with Gasteiger partial charge in [-0.25, -0.2) is 9.67 Å². The van der Waals surface area contributed by atoms with Crippen LogP contribution in [0.15, 0.2) is 22.6 Å². The van der Waals surface area contributed by atoms with Crippen molar-refractivity contribution in [1.29, 1.82) is 0 Å². The zero-order valence-electron chi connectivity index (χ0n) is 15.0. The predicted molar refractivity (Wildman–Crippen MR) is 89.6 cm³/mol. The Kier molecular flexibility index (Phi) is 4.58. The molecule has 0 bridgehead atoms. The van der Waals surface area contributed by atoms with Gasteiger partial charge in [-0.1, -0.05) is 0 Å². The first kappa shape index (κ1) is 18.7. The fourth-order valence-corrected chi connectivity index (χ4v) is 2.43.